The van der Waals surface area contributed by atoms with Gasteiger partial charge in [-0.15, -0.1) is 12.4 Å². The normalized spacial score (nSPS) is 36.0. The van der Waals surface area contributed by atoms with Crippen molar-refractivity contribution >= 4 is 24.2 Å². The van der Waals surface area contributed by atoms with Crippen LogP contribution in [0, 0.1) is 0 Å². The van der Waals surface area contributed by atoms with Crippen molar-refractivity contribution in [1.82, 2.24) is 5.32 Å². The molecule has 0 aromatic carbocycles. The summed E-state index contributed by atoms with van der Waals surface area (Å²) >= 11 is 1.81. The molecule has 92 valence electrons. The molecular weight excluding hydrogens is 238 g/mol. The second-order valence-electron chi connectivity index (χ2n) is 3.55. The number of hydrogen-bond acceptors (Lipinski definition) is 5. The van der Waals surface area contributed by atoms with Gasteiger partial charge in [0, 0.05) is 12.6 Å². The van der Waals surface area contributed by atoms with Crippen LogP contribution in [0.2, 0.25) is 0 Å². The molecule has 6 heteroatoms. The van der Waals surface area contributed by atoms with Crippen LogP contribution in [0.1, 0.15) is 13.3 Å². The summed E-state index contributed by atoms with van der Waals surface area (Å²) in [6, 6.07) is -0.0903. The molecule has 0 aromatic rings. The number of hydrogen-bond donors (Lipinski definition) is 4. The second-order valence-corrected chi connectivity index (χ2v) is 4.94. The number of halogens is 1. The lowest BCUT2D eigenvalue weighted by atomic mass is 9.94. The van der Waals surface area contributed by atoms with Crippen molar-refractivity contribution in [1.29, 1.82) is 0 Å². The minimum absolute atomic E-state index is 0. The average Bonchev–Trinajstić information content (AvgIpc) is 2.18. The number of aliphatic hydroxyl groups excluding tert-OH is 3. The second kappa shape index (κ2) is 7.70. The SMILES string of the molecule is CCSCC[C@H]1NC[C@@H](O)[C@H](O)[C@H]1O.Cl. The Morgan fingerprint density at radius 3 is 2.53 bits per heavy atom. The molecule has 1 fully saturated rings. The fourth-order valence-corrected chi connectivity index (χ4v) is 2.32. The molecule has 1 heterocycles. The van der Waals surface area contributed by atoms with Crippen LogP contribution in [0.5, 0.6) is 0 Å². The standard InChI is InChI=1S/C9H19NO3S.ClH/c1-2-14-4-3-6-8(12)9(13)7(11)5-10-6;/h6-13H,2-5H2,1H3;1H/t6-,7-,8+,9+;/m1./s1. The van der Waals surface area contributed by atoms with Crippen molar-refractivity contribution in [3.63, 3.8) is 0 Å². The van der Waals surface area contributed by atoms with E-state index in [-0.39, 0.29) is 18.4 Å². The molecule has 1 saturated heterocycles. The van der Waals surface area contributed by atoms with Crippen LogP contribution in [0.4, 0.5) is 0 Å². The summed E-state index contributed by atoms with van der Waals surface area (Å²) in [7, 11) is 0. The first-order valence-corrected chi connectivity index (χ1v) is 6.17. The zero-order valence-electron chi connectivity index (χ0n) is 8.80. The van der Waals surface area contributed by atoms with Crippen molar-refractivity contribution in [2.24, 2.45) is 0 Å². The Bertz CT molecular complexity index is 175. The van der Waals surface area contributed by atoms with Gasteiger partial charge in [-0.25, -0.2) is 0 Å². The van der Waals surface area contributed by atoms with E-state index in [1.165, 1.54) is 0 Å². The highest BCUT2D eigenvalue weighted by atomic mass is 35.5. The molecule has 0 radical (unpaired) electrons. The molecule has 0 unspecified atom stereocenters. The highest BCUT2D eigenvalue weighted by Crippen LogP contribution is 2.15. The summed E-state index contributed by atoms with van der Waals surface area (Å²) in [4.78, 5) is 0. The van der Waals surface area contributed by atoms with Gasteiger partial charge >= 0.3 is 0 Å². The Morgan fingerprint density at radius 1 is 1.27 bits per heavy atom. The molecule has 4 atom stereocenters. The van der Waals surface area contributed by atoms with Gasteiger partial charge < -0.3 is 20.6 Å². The third kappa shape index (κ3) is 4.46. The fraction of sp³-hybridized carbons (Fsp3) is 1.00. The van der Waals surface area contributed by atoms with Crippen LogP contribution >= 0.6 is 24.2 Å². The summed E-state index contributed by atoms with van der Waals surface area (Å²) < 4.78 is 0. The maximum atomic E-state index is 9.63. The first kappa shape index (κ1) is 15.5. The van der Waals surface area contributed by atoms with E-state index in [1.807, 2.05) is 11.8 Å². The maximum Gasteiger partial charge on any atom is 0.108 e. The minimum Gasteiger partial charge on any atom is -0.389 e. The largest absolute Gasteiger partial charge is 0.389 e. The van der Waals surface area contributed by atoms with Gasteiger partial charge in [0.15, 0.2) is 0 Å². The molecule has 1 aliphatic heterocycles. The van der Waals surface area contributed by atoms with E-state index < -0.39 is 18.3 Å². The zero-order valence-corrected chi connectivity index (χ0v) is 10.4. The van der Waals surface area contributed by atoms with Crippen LogP contribution in [0.25, 0.3) is 0 Å². The lowest BCUT2D eigenvalue weighted by Gasteiger charge is -2.36. The summed E-state index contributed by atoms with van der Waals surface area (Å²) in [5.41, 5.74) is 0. The number of piperidine rings is 1. The topological polar surface area (TPSA) is 72.7 Å². The van der Waals surface area contributed by atoms with Crippen LogP contribution in [-0.4, -0.2) is 57.7 Å². The number of β-amino-alcohol motifs (C(OH)–C–C–N with tert-alkyl or cyclic N) is 1. The van der Waals surface area contributed by atoms with Gasteiger partial charge in [0.1, 0.15) is 6.10 Å². The van der Waals surface area contributed by atoms with Gasteiger partial charge in [0.2, 0.25) is 0 Å². The molecule has 0 aliphatic carbocycles. The van der Waals surface area contributed by atoms with Gasteiger partial charge in [-0.2, -0.15) is 11.8 Å². The molecule has 0 bridgehead atoms. The molecule has 1 aliphatic rings. The molecular formula is C9H20ClNO3S. The van der Waals surface area contributed by atoms with E-state index in [0.717, 1.165) is 17.9 Å². The summed E-state index contributed by atoms with van der Waals surface area (Å²) in [6.07, 6.45) is -1.88. The number of rotatable bonds is 4. The molecule has 4 N–H and O–H groups in total. The quantitative estimate of drug-likeness (QED) is 0.516. The van der Waals surface area contributed by atoms with Gasteiger partial charge in [-0.05, 0) is 17.9 Å². The number of thioether (sulfide) groups is 1. The molecule has 4 nitrogen and oxygen atoms in total. The van der Waals surface area contributed by atoms with Crippen LogP contribution in [0.3, 0.4) is 0 Å². The number of nitrogens with one attached hydrogen (secondary N) is 1. The van der Waals surface area contributed by atoms with Gasteiger partial charge in [0.05, 0.1) is 12.2 Å². The molecule has 0 spiro atoms. The van der Waals surface area contributed by atoms with Gasteiger partial charge in [0.25, 0.3) is 0 Å². The highest BCUT2D eigenvalue weighted by molar-refractivity contribution is 7.99. The fourth-order valence-electron chi connectivity index (χ4n) is 1.61. The van der Waals surface area contributed by atoms with Gasteiger partial charge in [-0.1, -0.05) is 6.92 Å². The van der Waals surface area contributed by atoms with Crippen LogP contribution in [0.15, 0.2) is 0 Å². The van der Waals surface area contributed by atoms with E-state index in [2.05, 4.69) is 12.2 Å². The lowest BCUT2D eigenvalue weighted by molar-refractivity contribution is -0.0941. The van der Waals surface area contributed by atoms with Gasteiger partial charge in [-0.3, -0.25) is 0 Å². The van der Waals surface area contributed by atoms with Crippen LogP contribution in [-0.2, 0) is 0 Å². The monoisotopic (exact) mass is 257 g/mol. The number of aliphatic hydroxyl groups is 3. The summed E-state index contributed by atoms with van der Waals surface area (Å²) in [5.74, 6) is 2.03. The lowest BCUT2D eigenvalue weighted by Crippen LogP contribution is -2.59. The predicted molar refractivity (Wildman–Crippen MR) is 64.7 cm³/mol. The summed E-state index contributed by atoms with van der Waals surface area (Å²) in [6.45, 7) is 2.45. The van der Waals surface area contributed by atoms with E-state index in [9.17, 15) is 15.3 Å². The Morgan fingerprint density at radius 2 is 1.93 bits per heavy atom. The Kier molecular flexibility index (Phi) is 7.95. The molecule has 0 saturated carbocycles. The Labute approximate surface area is 101 Å². The van der Waals surface area contributed by atoms with Crippen molar-refractivity contribution in [3.05, 3.63) is 0 Å². The van der Waals surface area contributed by atoms with E-state index in [4.69, 9.17) is 0 Å². The minimum atomic E-state index is -1.01. The Balaban J connectivity index is 0.00000196. The van der Waals surface area contributed by atoms with Crippen molar-refractivity contribution in [3.8, 4) is 0 Å². The third-order valence-corrected chi connectivity index (χ3v) is 3.46. The van der Waals surface area contributed by atoms with Crippen molar-refractivity contribution in [2.45, 2.75) is 37.7 Å². The van der Waals surface area contributed by atoms with Crippen molar-refractivity contribution < 1.29 is 15.3 Å². The van der Waals surface area contributed by atoms with Crippen LogP contribution < -0.4 is 5.32 Å². The zero-order chi connectivity index (χ0) is 10.6. The smallest absolute Gasteiger partial charge is 0.108 e. The Hall–Kier alpha value is 0.480. The van der Waals surface area contributed by atoms with E-state index >= 15 is 0 Å². The third-order valence-electron chi connectivity index (χ3n) is 2.52. The molecule has 15 heavy (non-hydrogen) atoms. The van der Waals surface area contributed by atoms with E-state index in [0.29, 0.717) is 6.54 Å². The molecule has 0 aromatic heterocycles. The maximum absolute atomic E-state index is 9.63. The first-order chi connectivity index (χ1) is 6.66. The molecule has 0 amide bonds. The molecule has 1 rings (SSSR count). The predicted octanol–water partition coefficient (Wildman–Crippen LogP) is -0.394. The van der Waals surface area contributed by atoms with Crippen molar-refractivity contribution in [2.75, 3.05) is 18.1 Å². The summed E-state index contributed by atoms with van der Waals surface area (Å²) in [5, 5.41) is 31.3. The average molecular weight is 258 g/mol. The first-order valence-electron chi connectivity index (χ1n) is 5.02. The van der Waals surface area contributed by atoms with E-state index in [1.54, 1.807) is 0 Å². The highest BCUT2D eigenvalue weighted by Gasteiger charge is 2.35.